The van der Waals surface area contributed by atoms with Gasteiger partial charge in [-0.2, -0.15) is 0 Å². The van der Waals surface area contributed by atoms with Crippen molar-refractivity contribution in [3.8, 4) is 21.8 Å². The quantitative estimate of drug-likeness (QED) is 0.399. The first-order valence-electron chi connectivity index (χ1n) is 9.48. The molecule has 3 aromatic heterocycles. The number of nitrogens with one attached hydrogen (secondary N) is 1. The molecular formula is C24H15N3O3S. The molecule has 0 unspecified atom stereocenters. The average Bonchev–Trinajstić information content (AvgIpc) is 3.30. The number of benzene rings is 2. The summed E-state index contributed by atoms with van der Waals surface area (Å²) in [4.78, 5) is 33.8. The van der Waals surface area contributed by atoms with Gasteiger partial charge in [0.05, 0.1) is 5.69 Å². The smallest absolute Gasteiger partial charge is 0.349 e. The van der Waals surface area contributed by atoms with E-state index in [4.69, 9.17) is 4.42 Å². The van der Waals surface area contributed by atoms with Crippen LogP contribution in [0.2, 0.25) is 0 Å². The number of para-hydroxylation sites is 1. The van der Waals surface area contributed by atoms with Crippen LogP contribution in [0.25, 0.3) is 32.8 Å². The Morgan fingerprint density at radius 3 is 2.71 bits per heavy atom. The van der Waals surface area contributed by atoms with Gasteiger partial charge in [0.1, 0.15) is 16.2 Å². The van der Waals surface area contributed by atoms with Crippen LogP contribution in [0.5, 0.6) is 0 Å². The Kier molecular flexibility index (Phi) is 4.86. The molecule has 0 aliphatic heterocycles. The van der Waals surface area contributed by atoms with E-state index < -0.39 is 11.5 Å². The van der Waals surface area contributed by atoms with E-state index in [1.165, 1.54) is 11.3 Å². The van der Waals surface area contributed by atoms with Gasteiger partial charge in [-0.1, -0.05) is 30.3 Å². The van der Waals surface area contributed by atoms with Crippen LogP contribution in [0, 0.1) is 0 Å². The summed E-state index contributed by atoms with van der Waals surface area (Å²) >= 11 is 1.52. The summed E-state index contributed by atoms with van der Waals surface area (Å²) in [7, 11) is 0. The number of carbonyl (C=O) groups is 1. The lowest BCUT2D eigenvalue weighted by Crippen LogP contribution is -2.20. The molecule has 0 saturated heterocycles. The molecule has 31 heavy (non-hydrogen) atoms. The van der Waals surface area contributed by atoms with Gasteiger partial charge in [-0.3, -0.25) is 9.78 Å². The molecule has 6 nitrogen and oxygen atoms in total. The highest BCUT2D eigenvalue weighted by Crippen LogP contribution is 2.29. The first-order valence-corrected chi connectivity index (χ1v) is 10.4. The molecule has 2 aromatic carbocycles. The van der Waals surface area contributed by atoms with Gasteiger partial charge >= 0.3 is 5.63 Å². The number of hydrogen-bond donors (Lipinski definition) is 1. The highest BCUT2D eigenvalue weighted by atomic mass is 32.1. The molecule has 7 heteroatoms. The molecule has 0 bridgehead atoms. The maximum absolute atomic E-state index is 12.7. The maximum atomic E-state index is 12.7. The number of amides is 1. The van der Waals surface area contributed by atoms with Crippen LogP contribution in [0.3, 0.4) is 0 Å². The van der Waals surface area contributed by atoms with Gasteiger partial charge in [0, 0.05) is 40.0 Å². The van der Waals surface area contributed by atoms with Crippen LogP contribution in [0.15, 0.2) is 93.7 Å². The summed E-state index contributed by atoms with van der Waals surface area (Å²) in [6.45, 7) is 0. The van der Waals surface area contributed by atoms with Crippen LogP contribution in [0.1, 0.15) is 10.4 Å². The lowest BCUT2D eigenvalue weighted by molar-refractivity contribution is 0.102. The largest absolute Gasteiger partial charge is 0.422 e. The second kappa shape index (κ2) is 7.97. The van der Waals surface area contributed by atoms with Crippen molar-refractivity contribution in [1.82, 2.24) is 9.97 Å². The normalized spacial score (nSPS) is 10.8. The number of pyridine rings is 1. The predicted molar refractivity (Wildman–Crippen MR) is 121 cm³/mol. The van der Waals surface area contributed by atoms with E-state index in [2.05, 4.69) is 15.3 Å². The van der Waals surface area contributed by atoms with Crippen molar-refractivity contribution in [3.63, 3.8) is 0 Å². The number of thiazole rings is 1. The van der Waals surface area contributed by atoms with E-state index >= 15 is 0 Å². The van der Waals surface area contributed by atoms with E-state index in [0.717, 1.165) is 21.8 Å². The SMILES string of the molecule is O=C(Nc1cccc(-c2csc(-c3cccnc3)n2)c1)c1cc2ccccc2oc1=O. The second-order valence-electron chi connectivity index (χ2n) is 6.80. The van der Waals surface area contributed by atoms with E-state index in [1.54, 1.807) is 42.7 Å². The Balaban J connectivity index is 1.41. The molecule has 0 aliphatic carbocycles. The van der Waals surface area contributed by atoms with Crippen molar-refractivity contribution >= 4 is 33.9 Å². The molecule has 0 fully saturated rings. The molecule has 1 N–H and O–H groups in total. The number of rotatable bonds is 4. The van der Waals surface area contributed by atoms with Gasteiger partial charge in [0.25, 0.3) is 5.91 Å². The molecule has 5 aromatic rings. The molecule has 0 radical (unpaired) electrons. The first kappa shape index (κ1) is 18.9. The zero-order chi connectivity index (χ0) is 21.2. The van der Waals surface area contributed by atoms with Crippen molar-refractivity contribution in [2.24, 2.45) is 0 Å². The van der Waals surface area contributed by atoms with Crippen LogP contribution < -0.4 is 10.9 Å². The number of anilines is 1. The minimum Gasteiger partial charge on any atom is -0.422 e. The Morgan fingerprint density at radius 2 is 1.84 bits per heavy atom. The van der Waals surface area contributed by atoms with Gasteiger partial charge in [-0.25, -0.2) is 9.78 Å². The molecule has 0 saturated carbocycles. The van der Waals surface area contributed by atoms with E-state index in [1.807, 2.05) is 41.8 Å². The van der Waals surface area contributed by atoms with Crippen molar-refractivity contribution in [2.45, 2.75) is 0 Å². The molecule has 3 heterocycles. The highest BCUT2D eigenvalue weighted by molar-refractivity contribution is 7.13. The lowest BCUT2D eigenvalue weighted by atomic mass is 10.1. The van der Waals surface area contributed by atoms with E-state index in [9.17, 15) is 9.59 Å². The number of carbonyl (C=O) groups excluding carboxylic acids is 1. The van der Waals surface area contributed by atoms with Gasteiger partial charge in [-0.05, 0) is 36.4 Å². The van der Waals surface area contributed by atoms with Crippen molar-refractivity contribution < 1.29 is 9.21 Å². The Bertz CT molecular complexity index is 1460. The van der Waals surface area contributed by atoms with Crippen LogP contribution >= 0.6 is 11.3 Å². The predicted octanol–water partition coefficient (Wildman–Crippen LogP) is 5.23. The number of aromatic nitrogens is 2. The summed E-state index contributed by atoms with van der Waals surface area (Å²) in [6.07, 6.45) is 3.49. The fraction of sp³-hybridized carbons (Fsp3) is 0. The fourth-order valence-electron chi connectivity index (χ4n) is 3.20. The first-order chi connectivity index (χ1) is 15.2. The van der Waals surface area contributed by atoms with Crippen LogP contribution in [-0.4, -0.2) is 15.9 Å². The van der Waals surface area contributed by atoms with Gasteiger partial charge < -0.3 is 9.73 Å². The van der Waals surface area contributed by atoms with Crippen molar-refractivity contribution in [3.05, 3.63) is 100 Å². The van der Waals surface area contributed by atoms with E-state index in [-0.39, 0.29) is 5.56 Å². The van der Waals surface area contributed by atoms with Gasteiger partial charge in [-0.15, -0.1) is 11.3 Å². The monoisotopic (exact) mass is 425 g/mol. The highest BCUT2D eigenvalue weighted by Gasteiger charge is 2.15. The molecular weight excluding hydrogens is 410 g/mol. The van der Waals surface area contributed by atoms with Crippen molar-refractivity contribution in [2.75, 3.05) is 5.32 Å². The summed E-state index contributed by atoms with van der Waals surface area (Å²) in [5.41, 5.74) is 2.89. The second-order valence-corrected chi connectivity index (χ2v) is 7.66. The van der Waals surface area contributed by atoms with E-state index in [0.29, 0.717) is 16.7 Å². The summed E-state index contributed by atoms with van der Waals surface area (Å²) in [6, 6.07) is 19.8. The molecule has 0 spiro atoms. The number of nitrogens with zero attached hydrogens (tertiary/aromatic N) is 2. The minimum atomic E-state index is -0.673. The van der Waals surface area contributed by atoms with Crippen LogP contribution in [0.4, 0.5) is 5.69 Å². The zero-order valence-electron chi connectivity index (χ0n) is 16.1. The molecule has 1 amide bonds. The Labute approximate surface area is 180 Å². The number of fused-ring (bicyclic) bond motifs is 1. The van der Waals surface area contributed by atoms with Gasteiger partial charge in [0.2, 0.25) is 0 Å². The minimum absolute atomic E-state index is 0.0448. The molecule has 0 aliphatic rings. The maximum Gasteiger partial charge on any atom is 0.349 e. The molecule has 150 valence electrons. The summed E-state index contributed by atoms with van der Waals surface area (Å²) in [5.74, 6) is -0.522. The van der Waals surface area contributed by atoms with Crippen molar-refractivity contribution in [1.29, 1.82) is 0 Å². The number of hydrogen-bond acceptors (Lipinski definition) is 6. The lowest BCUT2D eigenvalue weighted by Gasteiger charge is -2.07. The standard InChI is InChI=1S/C24H15N3O3S/c28-22(19-12-16-5-1-2-9-21(16)30-24(19)29)26-18-8-3-6-15(11-18)20-14-31-23(27-20)17-7-4-10-25-13-17/h1-14H,(H,26,28). The Morgan fingerprint density at radius 1 is 0.968 bits per heavy atom. The zero-order valence-corrected chi connectivity index (χ0v) is 16.9. The average molecular weight is 425 g/mol. The molecule has 0 atom stereocenters. The molecule has 5 rings (SSSR count). The third-order valence-corrected chi connectivity index (χ3v) is 5.61. The summed E-state index contributed by atoms with van der Waals surface area (Å²) < 4.78 is 5.26. The van der Waals surface area contributed by atoms with Gasteiger partial charge in [0.15, 0.2) is 0 Å². The summed E-state index contributed by atoms with van der Waals surface area (Å²) in [5, 5.41) is 6.29. The third-order valence-electron chi connectivity index (χ3n) is 4.71. The fourth-order valence-corrected chi connectivity index (χ4v) is 4.02. The topological polar surface area (TPSA) is 85.1 Å². The Hall–Kier alpha value is -4.10. The third kappa shape index (κ3) is 3.86. The van der Waals surface area contributed by atoms with Crippen LogP contribution in [-0.2, 0) is 0 Å².